The number of aromatic nitrogens is 2. The number of nitrogens with zero attached hydrogens (tertiary/aromatic N) is 4. The van der Waals surface area contributed by atoms with Gasteiger partial charge in [0, 0.05) is 44.3 Å². The molecule has 1 N–H and O–H groups in total. The lowest BCUT2D eigenvalue weighted by molar-refractivity contribution is -0.137. The Bertz CT molecular complexity index is 1130. The Kier molecular flexibility index (Phi) is 7.01. The topological polar surface area (TPSA) is 95.5 Å². The first-order chi connectivity index (χ1) is 16.2. The number of sulfone groups is 1. The van der Waals surface area contributed by atoms with Gasteiger partial charge in [-0.2, -0.15) is 0 Å². The molecular formula is C23H29F2N5O3S. The number of hydrogen-bond acceptors (Lipinski definition) is 7. The molecule has 4 rings (SSSR count). The highest BCUT2D eigenvalue weighted by Gasteiger charge is 2.36. The number of benzene rings is 1. The number of likely N-dealkylation sites (tertiary alicyclic amines) is 1. The summed E-state index contributed by atoms with van der Waals surface area (Å²) in [4.78, 5) is 25.5. The first-order valence-electron chi connectivity index (χ1n) is 11.5. The number of hydrogen-bond donors (Lipinski definition) is 1. The maximum atomic E-state index is 14.5. The predicted octanol–water partition coefficient (Wildman–Crippen LogP) is 2.79. The third kappa shape index (κ3) is 5.13. The number of piperidine rings is 2. The molecule has 184 valence electrons. The van der Waals surface area contributed by atoms with Gasteiger partial charge in [0.15, 0.2) is 21.5 Å². The van der Waals surface area contributed by atoms with Crippen molar-refractivity contribution in [3.05, 3.63) is 41.7 Å². The smallest absolute Gasteiger partial charge is 0.245 e. The molecule has 2 fully saturated rings. The van der Waals surface area contributed by atoms with Gasteiger partial charge in [0.25, 0.3) is 0 Å². The minimum atomic E-state index is -3.76. The molecule has 11 heteroatoms. The second kappa shape index (κ2) is 9.81. The lowest BCUT2D eigenvalue weighted by Gasteiger charge is -2.42. The van der Waals surface area contributed by atoms with Gasteiger partial charge in [-0.25, -0.2) is 27.2 Å². The van der Waals surface area contributed by atoms with Crippen LogP contribution in [0.15, 0.2) is 29.4 Å². The summed E-state index contributed by atoms with van der Waals surface area (Å²) in [5.74, 6) is -1.58. The largest absolute Gasteiger partial charge is 0.369 e. The summed E-state index contributed by atoms with van der Waals surface area (Å²) in [6.07, 6.45) is 8.08. The molecule has 1 amide bonds. The molecule has 34 heavy (non-hydrogen) atoms. The molecule has 1 atom stereocenters. The minimum absolute atomic E-state index is 0.0329. The van der Waals surface area contributed by atoms with Crippen LogP contribution in [0.3, 0.4) is 0 Å². The van der Waals surface area contributed by atoms with Gasteiger partial charge in [-0.15, -0.1) is 0 Å². The standard InChI is InChI=1S/C23H29F2N5O3S/c1-3-15-13-26-23(27-14-15)29-9-6-16(7-10-29)30-8-4-5-20(22(30)31)28-21-18(24)11-17(12-19(21)25)34(2,32)33/h11-14,16,20,28H,3-10H2,1-2H3. The number of nitrogens with one attached hydrogen (secondary N) is 1. The Balaban J connectivity index is 1.41. The molecule has 0 bridgehead atoms. The third-order valence-electron chi connectivity index (χ3n) is 6.52. The van der Waals surface area contributed by atoms with Gasteiger partial charge >= 0.3 is 0 Å². The van der Waals surface area contributed by atoms with E-state index in [0.717, 1.165) is 43.2 Å². The number of carbonyl (C=O) groups is 1. The van der Waals surface area contributed by atoms with Crippen LogP contribution >= 0.6 is 0 Å². The van der Waals surface area contributed by atoms with Gasteiger partial charge in [0.05, 0.1) is 4.90 Å². The van der Waals surface area contributed by atoms with E-state index in [1.807, 2.05) is 12.4 Å². The molecule has 2 aliphatic rings. The van der Waals surface area contributed by atoms with Crippen molar-refractivity contribution >= 4 is 27.4 Å². The number of amides is 1. The van der Waals surface area contributed by atoms with Crippen LogP contribution in [0.4, 0.5) is 20.4 Å². The molecule has 0 spiro atoms. The van der Waals surface area contributed by atoms with Crippen molar-refractivity contribution in [1.29, 1.82) is 0 Å². The molecule has 2 saturated heterocycles. The Hall–Kier alpha value is -2.82. The molecule has 8 nitrogen and oxygen atoms in total. The van der Waals surface area contributed by atoms with Crippen molar-refractivity contribution in [3.8, 4) is 0 Å². The van der Waals surface area contributed by atoms with E-state index in [4.69, 9.17) is 0 Å². The van der Waals surface area contributed by atoms with E-state index in [0.29, 0.717) is 38.4 Å². The van der Waals surface area contributed by atoms with Gasteiger partial charge < -0.3 is 15.1 Å². The molecule has 2 aromatic rings. The molecule has 2 aliphatic heterocycles. The Morgan fingerprint density at radius 2 is 1.68 bits per heavy atom. The van der Waals surface area contributed by atoms with E-state index >= 15 is 0 Å². The summed E-state index contributed by atoms with van der Waals surface area (Å²) in [6.45, 7) is 4.08. The first kappa shape index (κ1) is 24.3. The van der Waals surface area contributed by atoms with Crippen molar-refractivity contribution in [2.24, 2.45) is 0 Å². The Morgan fingerprint density at radius 3 is 2.24 bits per heavy atom. The van der Waals surface area contributed by atoms with Gasteiger partial charge in [0.1, 0.15) is 11.7 Å². The second-order valence-corrected chi connectivity index (χ2v) is 10.9. The van der Waals surface area contributed by atoms with E-state index in [1.54, 1.807) is 4.90 Å². The van der Waals surface area contributed by atoms with Crippen LogP contribution in [0, 0.1) is 11.6 Å². The van der Waals surface area contributed by atoms with Crippen LogP contribution in [0.25, 0.3) is 0 Å². The molecule has 1 unspecified atom stereocenters. The fourth-order valence-corrected chi connectivity index (χ4v) is 5.18. The van der Waals surface area contributed by atoms with E-state index in [-0.39, 0.29) is 11.9 Å². The fourth-order valence-electron chi connectivity index (χ4n) is 4.54. The molecule has 0 aliphatic carbocycles. The average Bonchev–Trinajstić information content (AvgIpc) is 2.82. The van der Waals surface area contributed by atoms with E-state index in [1.165, 1.54) is 0 Å². The predicted molar refractivity (Wildman–Crippen MR) is 124 cm³/mol. The van der Waals surface area contributed by atoms with Crippen molar-refractivity contribution in [1.82, 2.24) is 14.9 Å². The number of rotatable bonds is 6. The number of anilines is 2. The number of halogens is 2. The fraction of sp³-hybridized carbons (Fsp3) is 0.522. The molecule has 0 radical (unpaired) electrons. The SMILES string of the molecule is CCc1cnc(N2CCC(N3CCCC(Nc4c(F)cc(S(C)(=O)=O)cc4F)C3=O)CC2)nc1. The number of aryl methyl sites for hydroxylation is 1. The van der Waals surface area contributed by atoms with Crippen molar-refractivity contribution in [2.45, 2.75) is 56.0 Å². The Labute approximate surface area is 198 Å². The summed E-state index contributed by atoms with van der Waals surface area (Å²) in [6, 6.07) is 0.809. The quantitative estimate of drug-likeness (QED) is 0.661. The highest BCUT2D eigenvalue weighted by atomic mass is 32.2. The zero-order chi connectivity index (χ0) is 24.5. The summed E-state index contributed by atoms with van der Waals surface area (Å²) in [5.41, 5.74) is 0.602. The summed E-state index contributed by atoms with van der Waals surface area (Å²) < 4.78 is 52.3. The zero-order valence-corrected chi connectivity index (χ0v) is 20.1. The van der Waals surface area contributed by atoms with Gasteiger partial charge in [0.2, 0.25) is 11.9 Å². The van der Waals surface area contributed by atoms with Crippen LogP contribution < -0.4 is 10.2 Å². The van der Waals surface area contributed by atoms with Crippen LogP contribution in [0.5, 0.6) is 0 Å². The Morgan fingerprint density at radius 1 is 1.06 bits per heavy atom. The highest BCUT2D eigenvalue weighted by Crippen LogP contribution is 2.28. The van der Waals surface area contributed by atoms with Crippen LogP contribution in [-0.4, -0.2) is 67.2 Å². The maximum Gasteiger partial charge on any atom is 0.245 e. The van der Waals surface area contributed by atoms with Gasteiger partial charge in [-0.1, -0.05) is 6.92 Å². The molecular weight excluding hydrogens is 464 g/mol. The molecule has 1 aromatic heterocycles. The maximum absolute atomic E-state index is 14.5. The highest BCUT2D eigenvalue weighted by molar-refractivity contribution is 7.90. The van der Waals surface area contributed by atoms with Crippen molar-refractivity contribution in [2.75, 3.05) is 36.1 Å². The average molecular weight is 494 g/mol. The normalized spacial score (nSPS) is 20.0. The summed E-state index contributed by atoms with van der Waals surface area (Å²) in [5, 5.41) is 2.69. The summed E-state index contributed by atoms with van der Waals surface area (Å²) in [7, 11) is -3.76. The minimum Gasteiger partial charge on any atom is -0.369 e. The number of carbonyl (C=O) groups excluding carboxylic acids is 1. The van der Waals surface area contributed by atoms with Crippen LogP contribution in [-0.2, 0) is 21.1 Å². The zero-order valence-electron chi connectivity index (χ0n) is 19.3. The van der Waals surface area contributed by atoms with Gasteiger partial charge in [-0.05, 0) is 49.8 Å². The first-order valence-corrected chi connectivity index (χ1v) is 13.4. The molecule has 1 aromatic carbocycles. The van der Waals surface area contributed by atoms with Gasteiger partial charge in [-0.3, -0.25) is 4.79 Å². The van der Waals surface area contributed by atoms with E-state index < -0.39 is 38.1 Å². The van der Waals surface area contributed by atoms with Crippen molar-refractivity contribution < 1.29 is 22.0 Å². The third-order valence-corrected chi connectivity index (χ3v) is 7.62. The monoisotopic (exact) mass is 493 g/mol. The second-order valence-electron chi connectivity index (χ2n) is 8.87. The lowest BCUT2D eigenvalue weighted by atomic mass is 9.97. The van der Waals surface area contributed by atoms with E-state index in [2.05, 4.69) is 27.1 Å². The summed E-state index contributed by atoms with van der Waals surface area (Å²) >= 11 is 0. The molecule has 0 saturated carbocycles. The lowest BCUT2D eigenvalue weighted by Crippen LogP contribution is -2.55. The van der Waals surface area contributed by atoms with Crippen LogP contribution in [0.2, 0.25) is 0 Å². The van der Waals surface area contributed by atoms with E-state index in [9.17, 15) is 22.0 Å². The molecule has 3 heterocycles. The van der Waals surface area contributed by atoms with Crippen molar-refractivity contribution in [3.63, 3.8) is 0 Å². The van der Waals surface area contributed by atoms with Crippen LogP contribution in [0.1, 0.15) is 38.2 Å².